The van der Waals surface area contributed by atoms with E-state index in [0.717, 1.165) is 46.4 Å². The summed E-state index contributed by atoms with van der Waals surface area (Å²) in [5.41, 5.74) is 3.54. The van der Waals surface area contributed by atoms with Crippen LogP contribution in [0.2, 0.25) is 0 Å². The first-order chi connectivity index (χ1) is 18.0. The summed E-state index contributed by atoms with van der Waals surface area (Å²) in [5, 5.41) is 3.84. The molecule has 4 rings (SSSR count). The van der Waals surface area contributed by atoms with Gasteiger partial charge in [-0.25, -0.2) is 4.99 Å². The Bertz CT molecular complexity index is 1240. The van der Waals surface area contributed by atoms with Gasteiger partial charge in [-0.05, 0) is 89.8 Å². The molecular weight excluding hydrogens is 548 g/mol. The van der Waals surface area contributed by atoms with Crippen molar-refractivity contribution in [1.29, 1.82) is 0 Å². The lowest BCUT2D eigenvalue weighted by Crippen LogP contribution is -2.14. The Morgan fingerprint density at radius 2 is 1.86 bits per heavy atom. The Labute approximate surface area is 232 Å². The topological polar surface area (TPSA) is 59.9 Å². The van der Waals surface area contributed by atoms with E-state index in [1.165, 1.54) is 23.3 Å². The van der Waals surface area contributed by atoms with Crippen LogP contribution in [0.4, 0.5) is 10.7 Å². The molecule has 0 fully saturated rings. The van der Waals surface area contributed by atoms with Crippen LogP contribution in [-0.2, 0) is 12.8 Å². The Balaban J connectivity index is 1.68. The number of para-hydroxylation sites is 1. The predicted molar refractivity (Wildman–Crippen MR) is 157 cm³/mol. The lowest BCUT2D eigenvalue weighted by molar-refractivity contribution is 0.102. The smallest absolute Gasteiger partial charge is 0.259 e. The van der Waals surface area contributed by atoms with E-state index in [0.29, 0.717) is 36.2 Å². The van der Waals surface area contributed by atoms with Crippen molar-refractivity contribution in [3.8, 4) is 11.5 Å². The molecule has 0 saturated carbocycles. The van der Waals surface area contributed by atoms with Crippen molar-refractivity contribution in [2.75, 3.05) is 18.5 Å². The van der Waals surface area contributed by atoms with Crippen molar-refractivity contribution in [2.24, 2.45) is 10.9 Å². The lowest BCUT2D eigenvalue weighted by atomic mass is 9.96. The van der Waals surface area contributed by atoms with Gasteiger partial charge in [0.15, 0.2) is 11.5 Å². The number of halogens is 1. The summed E-state index contributed by atoms with van der Waals surface area (Å²) in [6.07, 6.45) is 8.43. The first-order valence-corrected chi connectivity index (χ1v) is 14.7. The number of amides is 1. The van der Waals surface area contributed by atoms with E-state index in [9.17, 15) is 4.79 Å². The molecule has 7 heteroatoms. The second-order valence-electron chi connectivity index (χ2n) is 9.64. The van der Waals surface area contributed by atoms with Gasteiger partial charge < -0.3 is 14.8 Å². The van der Waals surface area contributed by atoms with Crippen molar-refractivity contribution in [3.05, 3.63) is 68.5 Å². The van der Waals surface area contributed by atoms with E-state index in [4.69, 9.17) is 14.5 Å². The van der Waals surface area contributed by atoms with Crippen LogP contribution in [0, 0.1) is 5.92 Å². The third-order valence-corrected chi connectivity index (χ3v) is 7.92. The Kier molecular flexibility index (Phi) is 9.81. The third-order valence-electron chi connectivity index (χ3n) is 6.14. The zero-order valence-electron chi connectivity index (χ0n) is 21.8. The number of aliphatic imine (C=N–C) groups is 1. The van der Waals surface area contributed by atoms with Gasteiger partial charge in [0.1, 0.15) is 5.00 Å². The summed E-state index contributed by atoms with van der Waals surface area (Å²) in [6.45, 7) is 7.33. The van der Waals surface area contributed by atoms with E-state index in [2.05, 4.69) is 35.1 Å². The van der Waals surface area contributed by atoms with Crippen molar-refractivity contribution in [2.45, 2.75) is 59.3 Å². The van der Waals surface area contributed by atoms with E-state index in [-0.39, 0.29) is 5.91 Å². The van der Waals surface area contributed by atoms with Crippen molar-refractivity contribution in [1.82, 2.24) is 0 Å². The molecule has 1 aromatic heterocycles. The first kappa shape index (κ1) is 27.4. The third kappa shape index (κ3) is 7.23. The van der Waals surface area contributed by atoms with Crippen LogP contribution in [0.5, 0.6) is 11.5 Å². The molecule has 0 atom stereocenters. The van der Waals surface area contributed by atoms with Crippen LogP contribution in [-0.4, -0.2) is 25.3 Å². The van der Waals surface area contributed by atoms with Gasteiger partial charge in [0, 0.05) is 16.8 Å². The maximum absolute atomic E-state index is 13.5. The summed E-state index contributed by atoms with van der Waals surface area (Å²) >= 11 is 5.30. The van der Waals surface area contributed by atoms with Crippen molar-refractivity contribution in [3.63, 3.8) is 0 Å². The number of carbonyl (C=O) groups excluding carboxylic acids is 1. The number of fused-ring (bicyclic) bond motifs is 1. The molecule has 37 heavy (non-hydrogen) atoms. The average molecular weight is 584 g/mol. The van der Waals surface area contributed by atoms with Crippen LogP contribution in [0.3, 0.4) is 0 Å². The molecule has 196 valence electrons. The zero-order chi connectivity index (χ0) is 26.2. The maximum Gasteiger partial charge on any atom is 0.259 e. The molecule has 1 heterocycles. The minimum absolute atomic E-state index is 0.0926. The van der Waals surface area contributed by atoms with Gasteiger partial charge in [-0.3, -0.25) is 4.79 Å². The number of nitrogens with zero attached hydrogens (tertiary/aromatic N) is 1. The van der Waals surface area contributed by atoms with Gasteiger partial charge in [0.25, 0.3) is 5.91 Å². The van der Waals surface area contributed by atoms with Gasteiger partial charge >= 0.3 is 0 Å². The Hall–Kier alpha value is -2.64. The van der Waals surface area contributed by atoms with Gasteiger partial charge in [0.2, 0.25) is 0 Å². The monoisotopic (exact) mass is 582 g/mol. The van der Waals surface area contributed by atoms with Crippen LogP contribution >= 0.6 is 27.3 Å². The summed E-state index contributed by atoms with van der Waals surface area (Å²) < 4.78 is 12.7. The maximum atomic E-state index is 13.5. The van der Waals surface area contributed by atoms with Crippen LogP contribution in [0.1, 0.15) is 72.8 Å². The predicted octanol–water partition coefficient (Wildman–Crippen LogP) is 8.61. The molecule has 1 N–H and O–H groups in total. The van der Waals surface area contributed by atoms with Gasteiger partial charge in [-0.15, -0.1) is 11.3 Å². The number of hydrogen-bond donors (Lipinski definition) is 1. The Morgan fingerprint density at radius 1 is 1.11 bits per heavy atom. The van der Waals surface area contributed by atoms with E-state index in [1.807, 2.05) is 55.6 Å². The number of anilines is 1. The number of thiophene rings is 1. The lowest BCUT2D eigenvalue weighted by Gasteiger charge is -2.15. The standard InChI is InChI=1S/C30H35BrN2O3S/c1-4-35-25-17-21(16-24(31)28(25)36-19-20(2)3)18-32-30-27(29(34)33-22-12-8-7-9-13-22)23-14-10-5-6-11-15-26(23)37-30/h7-9,12-13,16-18,20H,4-6,10-11,14-15,19H2,1-3H3,(H,33,34). The first-order valence-electron chi connectivity index (χ1n) is 13.1. The van der Waals surface area contributed by atoms with Gasteiger partial charge in [-0.1, -0.05) is 44.9 Å². The fourth-order valence-corrected chi connectivity index (χ4v) is 6.20. The largest absolute Gasteiger partial charge is 0.490 e. The highest BCUT2D eigenvalue weighted by atomic mass is 79.9. The molecule has 1 aliphatic carbocycles. The molecule has 5 nitrogen and oxygen atoms in total. The van der Waals surface area contributed by atoms with E-state index < -0.39 is 0 Å². The summed E-state index contributed by atoms with van der Waals surface area (Å²) in [4.78, 5) is 19.7. The van der Waals surface area contributed by atoms with Crippen LogP contribution in [0.15, 0.2) is 51.9 Å². The molecule has 0 unspecified atom stereocenters. The van der Waals surface area contributed by atoms with E-state index in [1.54, 1.807) is 11.3 Å². The fourth-order valence-electron chi connectivity index (χ4n) is 4.39. The summed E-state index contributed by atoms with van der Waals surface area (Å²) in [5.74, 6) is 1.69. The number of aryl methyl sites for hydroxylation is 1. The highest BCUT2D eigenvalue weighted by Gasteiger charge is 2.24. The molecule has 0 spiro atoms. The molecule has 0 radical (unpaired) electrons. The highest BCUT2D eigenvalue weighted by molar-refractivity contribution is 9.10. The summed E-state index contributed by atoms with van der Waals surface area (Å²) in [6, 6.07) is 13.5. The number of benzene rings is 2. The molecule has 1 amide bonds. The molecule has 3 aromatic rings. The fraction of sp³-hybridized carbons (Fsp3) is 0.400. The number of hydrogen-bond acceptors (Lipinski definition) is 5. The van der Waals surface area contributed by atoms with Crippen molar-refractivity contribution < 1.29 is 14.3 Å². The zero-order valence-corrected chi connectivity index (χ0v) is 24.2. The van der Waals surface area contributed by atoms with Crippen LogP contribution in [0.25, 0.3) is 0 Å². The van der Waals surface area contributed by atoms with Crippen LogP contribution < -0.4 is 14.8 Å². The minimum Gasteiger partial charge on any atom is -0.490 e. The second-order valence-corrected chi connectivity index (χ2v) is 11.6. The minimum atomic E-state index is -0.0926. The van der Waals surface area contributed by atoms with Gasteiger partial charge in [0.05, 0.1) is 23.2 Å². The quantitative estimate of drug-likeness (QED) is 0.257. The summed E-state index contributed by atoms with van der Waals surface area (Å²) in [7, 11) is 0. The SMILES string of the molecule is CCOc1cc(C=Nc2sc3c(c2C(=O)Nc2ccccc2)CCCCCC3)cc(Br)c1OCC(C)C. The highest BCUT2D eigenvalue weighted by Crippen LogP contribution is 2.40. The number of rotatable bonds is 9. The number of ether oxygens (including phenoxy) is 2. The number of carbonyl (C=O) groups is 1. The molecule has 0 aliphatic heterocycles. The average Bonchev–Trinajstić information content (AvgIpc) is 3.19. The molecule has 1 aliphatic rings. The molecule has 2 aromatic carbocycles. The Morgan fingerprint density at radius 3 is 2.59 bits per heavy atom. The normalized spacial score (nSPS) is 13.8. The molecule has 0 saturated heterocycles. The second kappa shape index (κ2) is 13.2. The molecular formula is C30H35BrN2O3S. The molecule has 0 bridgehead atoms. The van der Waals surface area contributed by atoms with Gasteiger partial charge in [-0.2, -0.15) is 0 Å². The van der Waals surface area contributed by atoms with Crippen molar-refractivity contribution >= 4 is 50.1 Å². The van der Waals surface area contributed by atoms with E-state index >= 15 is 0 Å². The number of nitrogens with one attached hydrogen (secondary N) is 1.